The average Bonchev–Trinajstić information content (AvgIpc) is 3.19. The molecule has 8 nitrogen and oxygen atoms in total. The van der Waals surface area contributed by atoms with Crippen molar-refractivity contribution >= 4 is 17.6 Å². The first-order chi connectivity index (χ1) is 10.3. The van der Waals surface area contributed by atoms with Gasteiger partial charge in [0.05, 0.1) is 12.0 Å². The number of methoxy groups -OCH3 is 1. The van der Waals surface area contributed by atoms with Gasteiger partial charge in [-0.2, -0.15) is 0 Å². The third-order valence-electron chi connectivity index (χ3n) is 3.80. The first kappa shape index (κ1) is 15.7. The van der Waals surface area contributed by atoms with Crippen LogP contribution in [0.3, 0.4) is 0 Å². The van der Waals surface area contributed by atoms with Gasteiger partial charge in [0.1, 0.15) is 17.4 Å². The normalized spacial score (nSPS) is 20.8. The summed E-state index contributed by atoms with van der Waals surface area (Å²) in [7, 11) is 1.37. The number of carboxylic acids is 1. The minimum absolute atomic E-state index is 0.147. The van der Waals surface area contributed by atoms with E-state index in [9.17, 15) is 24.8 Å². The van der Waals surface area contributed by atoms with E-state index in [0.717, 1.165) is 6.07 Å². The van der Waals surface area contributed by atoms with E-state index in [1.54, 1.807) is 0 Å². The molecule has 0 radical (unpaired) electrons. The van der Waals surface area contributed by atoms with E-state index >= 15 is 0 Å². The number of carbonyl (C=O) groups is 2. The molecule has 0 spiro atoms. The van der Waals surface area contributed by atoms with Gasteiger partial charge in [-0.25, -0.2) is 4.79 Å². The molecular formula is C14H16N2O6. The topological polar surface area (TPSA) is 119 Å². The number of nitro benzene ring substituents is 1. The monoisotopic (exact) mass is 308 g/mol. The van der Waals surface area contributed by atoms with Crippen molar-refractivity contribution in [3.63, 3.8) is 0 Å². The Kier molecular flexibility index (Phi) is 4.30. The van der Waals surface area contributed by atoms with Crippen LogP contribution in [0.4, 0.5) is 5.69 Å². The average molecular weight is 308 g/mol. The van der Waals surface area contributed by atoms with Crippen LogP contribution < -0.4 is 10.1 Å². The molecule has 0 aliphatic heterocycles. The molecule has 22 heavy (non-hydrogen) atoms. The summed E-state index contributed by atoms with van der Waals surface area (Å²) in [6, 6.07) is 2.70. The number of amides is 1. The number of rotatable bonds is 6. The fraction of sp³-hybridized carbons (Fsp3) is 0.429. The largest absolute Gasteiger partial charge is 0.497 e. The molecule has 3 atom stereocenters. The highest BCUT2D eigenvalue weighted by atomic mass is 16.6. The predicted octanol–water partition coefficient (Wildman–Crippen LogP) is 1.44. The molecule has 8 heteroatoms. The Morgan fingerprint density at radius 2 is 2.14 bits per heavy atom. The van der Waals surface area contributed by atoms with Gasteiger partial charge in [0.2, 0.25) is 0 Å². The number of ether oxygens (including phenoxy) is 1. The van der Waals surface area contributed by atoms with Crippen molar-refractivity contribution in [3.05, 3.63) is 33.9 Å². The lowest BCUT2D eigenvalue weighted by Gasteiger charge is -2.14. The first-order valence-electron chi connectivity index (χ1n) is 6.71. The van der Waals surface area contributed by atoms with Gasteiger partial charge in [0, 0.05) is 6.07 Å². The van der Waals surface area contributed by atoms with Crippen LogP contribution in [-0.2, 0) is 4.79 Å². The van der Waals surface area contributed by atoms with Crippen molar-refractivity contribution in [1.82, 2.24) is 5.32 Å². The summed E-state index contributed by atoms with van der Waals surface area (Å²) in [6.07, 6.45) is 0.706. The fourth-order valence-electron chi connectivity index (χ4n) is 2.37. The molecule has 0 saturated heterocycles. The Balaban J connectivity index is 2.27. The summed E-state index contributed by atoms with van der Waals surface area (Å²) in [5, 5.41) is 22.6. The molecule has 118 valence electrons. The van der Waals surface area contributed by atoms with E-state index in [1.165, 1.54) is 19.2 Å². The Hall–Kier alpha value is -2.64. The van der Waals surface area contributed by atoms with Crippen molar-refractivity contribution < 1.29 is 24.4 Å². The summed E-state index contributed by atoms with van der Waals surface area (Å²) < 4.78 is 4.95. The van der Waals surface area contributed by atoms with Crippen molar-refractivity contribution in [2.75, 3.05) is 7.11 Å². The second-order valence-electron chi connectivity index (χ2n) is 5.31. The maximum atomic E-state index is 12.3. The van der Waals surface area contributed by atoms with E-state index in [2.05, 4.69) is 5.32 Å². The smallest absolute Gasteiger partial charge is 0.326 e. The number of nitrogens with one attached hydrogen (secondary N) is 1. The SMILES string of the molecule is COc1ccc([N+](=O)[O-])c(C(=O)NC(C(=O)O)C2CC2C)c1. The predicted molar refractivity (Wildman–Crippen MR) is 75.8 cm³/mol. The summed E-state index contributed by atoms with van der Waals surface area (Å²) in [6.45, 7) is 1.89. The minimum atomic E-state index is -1.15. The number of aliphatic carboxylic acids is 1. The van der Waals surface area contributed by atoms with Crippen LogP contribution in [0.5, 0.6) is 5.75 Å². The molecular weight excluding hydrogens is 292 g/mol. The molecule has 1 amide bonds. The highest BCUT2D eigenvalue weighted by Gasteiger charge is 2.44. The number of carbonyl (C=O) groups excluding carboxylic acids is 1. The van der Waals surface area contributed by atoms with E-state index < -0.39 is 28.5 Å². The van der Waals surface area contributed by atoms with Crippen LogP contribution in [-0.4, -0.2) is 35.1 Å². The summed E-state index contributed by atoms with van der Waals surface area (Å²) >= 11 is 0. The third-order valence-corrected chi connectivity index (χ3v) is 3.80. The van der Waals surface area contributed by atoms with Crippen molar-refractivity contribution in [3.8, 4) is 5.75 Å². The maximum Gasteiger partial charge on any atom is 0.326 e. The molecule has 2 N–H and O–H groups in total. The summed E-state index contributed by atoms with van der Waals surface area (Å²) in [4.78, 5) is 33.8. The highest BCUT2D eigenvalue weighted by molar-refractivity contribution is 6.00. The highest BCUT2D eigenvalue weighted by Crippen LogP contribution is 2.40. The molecule has 1 aromatic carbocycles. The molecule has 1 aromatic rings. The Morgan fingerprint density at radius 3 is 2.59 bits per heavy atom. The molecule has 1 aliphatic carbocycles. The van der Waals surface area contributed by atoms with Crippen molar-refractivity contribution in [2.24, 2.45) is 11.8 Å². The van der Waals surface area contributed by atoms with E-state index in [-0.39, 0.29) is 23.1 Å². The zero-order valence-electron chi connectivity index (χ0n) is 12.1. The van der Waals surface area contributed by atoms with Crippen LogP contribution in [0, 0.1) is 22.0 Å². The quantitative estimate of drug-likeness (QED) is 0.606. The van der Waals surface area contributed by atoms with Crippen molar-refractivity contribution in [2.45, 2.75) is 19.4 Å². The lowest BCUT2D eigenvalue weighted by atomic mass is 10.1. The molecule has 0 heterocycles. The van der Waals surface area contributed by atoms with Crippen LogP contribution in [0.2, 0.25) is 0 Å². The number of hydrogen-bond donors (Lipinski definition) is 2. The van der Waals surface area contributed by atoms with Crippen LogP contribution in [0.1, 0.15) is 23.7 Å². The van der Waals surface area contributed by atoms with Gasteiger partial charge < -0.3 is 15.2 Å². The Labute approximate surface area is 126 Å². The first-order valence-corrected chi connectivity index (χ1v) is 6.71. The van der Waals surface area contributed by atoms with E-state index in [0.29, 0.717) is 6.42 Å². The molecule has 0 aromatic heterocycles. The van der Waals surface area contributed by atoms with Crippen LogP contribution >= 0.6 is 0 Å². The maximum absolute atomic E-state index is 12.3. The van der Waals surface area contributed by atoms with Gasteiger partial charge in [-0.05, 0) is 30.4 Å². The summed E-state index contributed by atoms with van der Waals surface area (Å²) in [5.41, 5.74) is -0.616. The standard InChI is InChI=1S/C14H16N2O6/c1-7-5-9(7)12(14(18)19)15-13(17)10-6-8(22-2)3-4-11(10)16(20)21/h3-4,6-7,9,12H,5H2,1-2H3,(H,15,17)(H,18,19). The zero-order chi connectivity index (χ0) is 16.4. The van der Waals surface area contributed by atoms with E-state index in [4.69, 9.17) is 4.74 Å². The van der Waals surface area contributed by atoms with Crippen LogP contribution in [0.15, 0.2) is 18.2 Å². The van der Waals surface area contributed by atoms with Gasteiger partial charge in [-0.1, -0.05) is 6.92 Å². The zero-order valence-corrected chi connectivity index (χ0v) is 12.1. The third kappa shape index (κ3) is 3.16. The molecule has 1 aliphatic rings. The Bertz CT molecular complexity index is 630. The lowest BCUT2D eigenvalue weighted by Crippen LogP contribution is -2.43. The molecule has 2 rings (SSSR count). The van der Waals surface area contributed by atoms with Crippen LogP contribution in [0.25, 0.3) is 0 Å². The number of benzene rings is 1. The number of nitrogens with zero attached hydrogens (tertiary/aromatic N) is 1. The molecule has 0 bridgehead atoms. The minimum Gasteiger partial charge on any atom is -0.497 e. The fourth-order valence-corrected chi connectivity index (χ4v) is 2.37. The summed E-state index contributed by atoms with van der Waals surface area (Å²) in [5.74, 6) is -1.60. The molecule has 1 fully saturated rings. The van der Waals surface area contributed by atoms with Gasteiger partial charge >= 0.3 is 5.97 Å². The van der Waals surface area contributed by atoms with Crippen molar-refractivity contribution in [1.29, 1.82) is 0 Å². The number of hydrogen-bond acceptors (Lipinski definition) is 5. The Morgan fingerprint density at radius 1 is 1.50 bits per heavy atom. The van der Waals surface area contributed by atoms with E-state index in [1.807, 2.05) is 6.92 Å². The molecule has 3 unspecified atom stereocenters. The van der Waals surface area contributed by atoms with Gasteiger partial charge in [-0.3, -0.25) is 14.9 Å². The second kappa shape index (κ2) is 6.00. The number of nitro groups is 1. The number of carboxylic acid groups (broad SMARTS) is 1. The lowest BCUT2D eigenvalue weighted by molar-refractivity contribution is -0.385. The van der Waals surface area contributed by atoms with Gasteiger partial charge in [0.25, 0.3) is 11.6 Å². The molecule has 1 saturated carbocycles. The van der Waals surface area contributed by atoms with Gasteiger partial charge in [-0.15, -0.1) is 0 Å². The second-order valence-corrected chi connectivity index (χ2v) is 5.31. The van der Waals surface area contributed by atoms with Gasteiger partial charge in [0.15, 0.2) is 0 Å².